The molecule has 1 unspecified atom stereocenters. The van der Waals surface area contributed by atoms with E-state index in [-0.39, 0.29) is 5.82 Å². The first-order chi connectivity index (χ1) is 12.2. The zero-order chi connectivity index (χ0) is 17.2. The van der Waals surface area contributed by atoms with Gasteiger partial charge in [0.1, 0.15) is 11.6 Å². The van der Waals surface area contributed by atoms with Crippen molar-refractivity contribution in [3.05, 3.63) is 65.9 Å². The maximum atomic E-state index is 13.0. The van der Waals surface area contributed by atoms with Crippen LogP contribution in [0.15, 0.2) is 48.7 Å². The standard InChI is InChI=1S/C19H21FN4O/c20-16-6-4-14(5-7-16)17(25)13-23-11-8-15(9-12-23)19-22-21-18-3-1-2-10-24(18)19/h1-7,10,15,17,25H,8-9,11-13H2. The van der Waals surface area contributed by atoms with Gasteiger partial charge in [-0.3, -0.25) is 4.40 Å². The second-order valence-electron chi connectivity index (χ2n) is 6.63. The van der Waals surface area contributed by atoms with Crippen molar-refractivity contribution in [2.45, 2.75) is 24.9 Å². The third-order valence-corrected chi connectivity index (χ3v) is 4.98. The molecule has 0 aliphatic carbocycles. The number of hydrogen-bond acceptors (Lipinski definition) is 4. The number of aromatic nitrogens is 3. The maximum absolute atomic E-state index is 13.0. The Bertz CT molecular complexity index is 840. The lowest BCUT2D eigenvalue weighted by atomic mass is 9.95. The Morgan fingerprint density at radius 3 is 2.60 bits per heavy atom. The number of pyridine rings is 1. The minimum Gasteiger partial charge on any atom is -0.387 e. The van der Waals surface area contributed by atoms with Crippen LogP contribution in [-0.2, 0) is 0 Å². The molecule has 25 heavy (non-hydrogen) atoms. The summed E-state index contributed by atoms with van der Waals surface area (Å²) in [7, 11) is 0. The molecule has 0 bridgehead atoms. The van der Waals surface area contributed by atoms with Gasteiger partial charge < -0.3 is 10.0 Å². The fourth-order valence-electron chi connectivity index (χ4n) is 3.55. The van der Waals surface area contributed by atoms with Crippen molar-refractivity contribution in [3.63, 3.8) is 0 Å². The number of fused-ring (bicyclic) bond motifs is 1. The van der Waals surface area contributed by atoms with Crippen molar-refractivity contribution in [2.75, 3.05) is 19.6 Å². The third kappa shape index (κ3) is 3.41. The monoisotopic (exact) mass is 340 g/mol. The predicted molar refractivity (Wildman–Crippen MR) is 92.8 cm³/mol. The largest absolute Gasteiger partial charge is 0.387 e. The van der Waals surface area contributed by atoms with Gasteiger partial charge in [-0.25, -0.2) is 4.39 Å². The Morgan fingerprint density at radius 2 is 1.84 bits per heavy atom. The summed E-state index contributed by atoms with van der Waals surface area (Å²) in [6.07, 6.45) is 3.40. The Balaban J connectivity index is 1.37. The number of hydrogen-bond donors (Lipinski definition) is 1. The summed E-state index contributed by atoms with van der Waals surface area (Å²) in [5, 5.41) is 19.0. The van der Waals surface area contributed by atoms with E-state index >= 15 is 0 Å². The van der Waals surface area contributed by atoms with Gasteiger partial charge in [-0.2, -0.15) is 0 Å². The van der Waals surface area contributed by atoms with Gasteiger partial charge in [-0.15, -0.1) is 10.2 Å². The van der Waals surface area contributed by atoms with E-state index in [1.54, 1.807) is 12.1 Å². The molecule has 2 aromatic heterocycles. The van der Waals surface area contributed by atoms with Gasteiger partial charge in [-0.1, -0.05) is 18.2 Å². The molecule has 1 N–H and O–H groups in total. The first kappa shape index (κ1) is 16.2. The highest BCUT2D eigenvalue weighted by molar-refractivity contribution is 5.37. The van der Waals surface area contributed by atoms with Crippen LogP contribution in [0, 0.1) is 5.82 Å². The lowest BCUT2D eigenvalue weighted by Gasteiger charge is -2.32. The van der Waals surface area contributed by atoms with Crippen LogP contribution in [0.2, 0.25) is 0 Å². The van der Waals surface area contributed by atoms with Gasteiger partial charge in [0.15, 0.2) is 5.65 Å². The molecule has 0 amide bonds. The number of aliphatic hydroxyl groups is 1. The smallest absolute Gasteiger partial charge is 0.160 e. The van der Waals surface area contributed by atoms with E-state index in [1.165, 1.54) is 12.1 Å². The van der Waals surface area contributed by atoms with E-state index in [0.717, 1.165) is 43.0 Å². The fraction of sp³-hybridized carbons (Fsp3) is 0.368. The topological polar surface area (TPSA) is 53.7 Å². The SMILES string of the molecule is OC(CN1CCC(c2nnc3ccccn23)CC1)c1ccc(F)cc1. The number of halogens is 1. The van der Waals surface area contributed by atoms with Crippen LogP contribution in [-0.4, -0.2) is 44.2 Å². The lowest BCUT2D eigenvalue weighted by Crippen LogP contribution is -2.36. The Morgan fingerprint density at radius 1 is 1.08 bits per heavy atom. The first-order valence-corrected chi connectivity index (χ1v) is 8.66. The highest BCUT2D eigenvalue weighted by atomic mass is 19.1. The molecule has 1 aliphatic rings. The molecule has 6 heteroatoms. The van der Waals surface area contributed by atoms with Crippen molar-refractivity contribution < 1.29 is 9.50 Å². The van der Waals surface area contributed by atoms with Crippen molar-refractivity contribution in [3.8, 4) is 0 Å². The number of benzene rings is 1. The number of rotatable bonds is 4. The number of nitrogens with zero attached hydrogens (tertiary/aromatic N) is 4. The zero-order valence-corrected chi connectivity index (χ0v) is 13.9. The fourth-order valence-corrected chi connectivity index (χ4v) is 3.55. The molecule has 5 nitrogen and oxygen atoms in total. The highest BCUT2D eigenvalue weighted by Gasteiger charge is 2.25. The Labute approximate surface area is 145 Å². The van der Waals surface area contributed by atoms with Gasteiger partial charge in [0.25, 0.3) is 0 Å². The summed E-state index contributed by atoms with van der Waals surface area (Å²) in [6, 6.07) is 12.0. The Hall–Kier alpha value is -2.31. The number of aliphatic hydroxyl groups excluding tert-OH is 1. The maximum Gasteiger partial charge on any atom is 0.160 e. The molecule has 1 aromatic carbocycles. The average molecular weight is 340 g/mol. The zero-order valence-electron chi connectivity index (χ0n) is 13.9. The van der Waals surface area contributed by atoms with Gasteiger partial charge in [0.05, 0.1) is 6.10 Å². The van der Waals surface area contributed by atoms with Crippen LogP contribution >= 0.6 is 0 Å². The lowest BCUT2D eigenvalue weighted by molar-refractivity contribution is 0.0964. The van der Waals surface area contributed by atoms with Crippen LogP contribution in [0.4, 0.5) is 4.39 Å². The summed E-state index contributed by atoms with van der Waals surface area (Å²) < 4.78 is 15.1. The number of β-amino-alcohol motifs (C(OH)–C–C–N with tert-alkyl or cyclic N) is 1. The molecule has 130 valence electrons. The average Bonchev–Trinajstić information content (AvgIpc) is 3.07. The third-order valence-electron chi connectivity index (χ3n) is 4.98. The van der Waals surface area contributed by atoms with Gasteiger partial charge >= 0.3 is 0 Å². The molecule has 3 aromatic rings. The van der Waals surface area contributed by atoms with E-state index in [9.17, 15) is 9.50 Å². The normalized spacial score (nSPS) is 17.8. The van der Waals surface area contributed by atoms with Crippen LogP contribution < -0.4 is 0 Å². The molecular weight excluding hydrogens is 319 g/mol. The summed E-state index contributed by atoms with van der Waals surface area (Å²) in [4.78, 5) is 2.26. The van der Waals surface area contributed by atoms with Gasteiger partial charge in [0.2, 0.25) is 0 Å². The summed E-state index contributed by atoms with van der Waals surface area (Å²) in [5.74, 6) is 1.13. The van der Waals surface area contributed by atoms with Crippen molar-refractivity contribution >= 4 is 5.65 Å². The van der Waals surface area contributed by atoms with Gasteiger partial charge in [0, 0.05) is 18.7 Å². The number of likely N-dealkylation sites (tertiary alicyclic amines) is 1. The molecule has 3 heterocycles. The summed E-state index contributed by atoms with van der Waals surface area (Å²) in [6.45, 7) is 2.38. The molecule has 1 saturated heterocycles. The summed E-state index contributed by atoms with van der Waals surface area (Å²) in [5.41, 5.74) is 1.64. The molecule has 1 aliphatic heterocycles. The van der Waals surface area contributed by atoms with Crippen LogP contribution in [0.5, 0.6) is 0 Å². The van der Waals surface area contributed by atoms with E-state index in [4.69, 9.17) is 0 Å². The van der Waals surface area contributed by atoms with Crippen LogP contribution in [0.1, 0.15) is 36.3 Å². The molecule has 0 radical (unpaired) electrons. The van der Waals surface area contributed by atoms with Crippen molar-refractivity contribution in [1.29, 1.82) is 0 Å². The summed E-state index contributed by atoms with van der Waals surface area (Å²) >= 11 is 0. The molecule has 4 rings (SSSR count). The second kappa shape index (κ2) is 6.90. The Kier molecular flexibility index (Phi) is 4.46. The van der Waals surface area contributed by atoms with Gasteiger partial charge in [-0.05, 0) is 55.8 Å². The molecular formula is C19H21FN4O. The highest BCUT2D eigenvalue weighted by Crippen LogP contribution is 2.28. The first-order valence-electron chi connectivity index (χ1n) is 8.66. The minimum atomic E-state index is -0.592. The van der Waals surface area contributed by atoms with Crippen LogP contribution in [0.3, 0.4) is 0 Å². The van der Waals surface area contributed by atoms with E-state index < -0.39 is 6.10 Å². The second-order valence-corrected chi connectivity index (χ2v) is 6.63. The molecule has 0 spiro atoms. The van der Waals surface area contributed by atoms with Crippen LogP contribution in [0.25, 0.3) is 5.65 Å². The van der Waals surface area contributed by atoms with E-state index in [0.29, 0.717) is 12.5 Å². The molecule has 1 atom stereocenters. The molecule has 0 saturated carbocycles. The van der Waals surface area contributed by atoms with Crippen molar-refractivity contribution in [2.24, 2.45) is 0 Å². The van der Waals surface area contributed by atoms with Crippen molar-refractivity contribution in [1.82, 2.24) is 19.5 Å². The predicted octanol–water partition coefficient (Wildman–Crippen LogP) is 2.78. The molecule has 1 fully saturated rings. The van der Waals surface area contributed by atoms with E-state index in [2.05, 4.69) is 19.5 Å². The quantitative estimate of drug-likeness (QED) is 0.793. The number of piperidine rings is 1. The van der Waals surface area contributed by atoms with E-state index in [1.807, 2.05) is 24.4 Å². The minimum absolute atomic E-state index is 0.280.